The lowest BCUT2D eigenvalue weighted by atomic mass is 9.88. The Bertz CT molecular complexity index is 909. The zero-order valence-electron chi connectivity index (χ0n) is 19.9. The highest BCUT2D eigenvalue weighted by atomic mass is 16.2. The van der Waals surface area contributed by atoms with Crippen LogP contribution in [0.3, 0.4) is 0 Å². The van der Waals surface area contributed by atoms with E-state index in [0.29, 0.717) is 11.5 Å². The van der Waals surface area contributed by atoms with Crippen molar-refractivity contribution in [3.05, 3.63) is 59.7 Å². The summed E-state index contributed by atoms with van der Waals surface area (Å²) in [5.74, 6) is 0.533. The summed E-state index contributed by atoms with van der Waals surface area (Å²) in [5, 5.41) is 3.00. The number of hydrogen-bond donors (Lipinski definition) is 1. The average Bonchev–Trinajstić information content (AvgIpc) is 2.88. The van der Waals surface area contributed by atoms with Gasteiger partial charge in [0.2, 0.25) is 5.91 Å². The Morgan fingerprint density at radius 3 is 2.18 bits per heavy atom. The number of rotatable bonds is 7. The van der Waals surface area contributed by atoms with Crippen LogP contribution in [0, 0.1) is 5.92 Å². The Kier molecular flexibility index (Phi) is 8.03. The molecule has 1 aliphatic carbocycles. The molecule has 0 atom stereocenters. The minimum absolute atomic E-state index is 0.0837. The molecule has 2 aromatic rings. The molecule has 1 saturated carbocycles. The largest absolute Gasteiger partial charge is 0.368 e. The predicted molar refractivity (Wildman–Crippen MR) is 135 cm³/mol. The van der Waals surface area contributed by atoms with Crippen LogP contribution in [0.2, 0.25) is 0 Å². The van der Waals surface area contributed by atoms with Gasteiger partial charge in [-0.25, -0.2) is 0 Å². The van der Waals surface area contributed by atoms with E-state index >= 15 is 0 Å². The normalized spacial score (nSPS) is 17.1. The highest BCUT2D eigenvalue weighted by molar-refractivity contribution is 6.04. The molecule has 0 spiro atoms. The quantitative estimate of drug-likeness (QED) is 0.609. The summed E-state index contributed by atoms with van der Waals surface area (Å²) >= 11 is 0. The molecule has 1 aliphatic heterocycles. The summed E-state index contributed by atoms with van der Waals surface area (Å²) < 4.78 is 0. The van der Waals surface area contributed by atoms with Crippen molar-refractivity contribution >= 4 is 23.2 Å². The molecule has 2 fully saturated rings. The third-order valence-corrected chi connectivity index (χ3v) is 7.07. The van der Waals surface area contributed by atoms with Crippen LogP contribution in [0.5, 0.6) is 0 Å². The lowest BCUT2D eigenvalue weighted by Gasteiger charge is -2.38. The lowest BCUT2D eigenvalue weighted by molar-refractivity contribution is -0.136. The van der Waals surface area contributed by atoms with Crippen molar-refractivity contribution in [1.29, 1.82) is 0 Å². The topological polar surface area (TPSA) is 52.7 Å². The van der Waals surface area contributed by atoms with Gasteiger partial charge in [-0.1, -0.05) is 44.7 Å². The number of nitrogens with one attached hydrogen (secondary N) is 1. The Balaban J connectivity index is 1.27. The van der Waals surface area contributed by atoms with Gasteiger partial charge in [0.1, 0.15) is 0 Å². The fraction of sp³-hybridized carbons (Fsp3) is 0.500. The van der Waals surface area contributed by atoms with Gasteiger partial charge in [0, 0.05) is 49.0 Å². The van der Waals surface area contributed by atoms with Crippen molar-refractivity contribution in [3.8, 4) is 0 Å². The minimum atomic E-state index is -0.0837. The average molecular weight is 448 g/mol. The molecule has 2 aromatic carbocycles. The molecule has 0 unspecified atom stereocenters. The monoisotopic (exact) mass is 447 g/mol. The highest BCUT2D eigenvalue weighted by Crippen LogP contribution is 2.27. The number of hydrogen-bond acceptors (Lipinski definition) is 3. The second-order valence-electron chi connectivity index (χ2n) is 9.45. The van der Waals surface area contributed by atoms with Crippen molar-refractivity contribution in [2.45, 2.75) is 58.3 Å². The molecule has 0 bridgehead atoms. The number of unbranched alkanes of at least 4 members (excludes halogenated alkanes) is 1. The van der Waals surface area contributed by atoms with Crippen molar-refractivity contribution in [1.82, 2.24) is 4.90 Å². The SMILES string of the molecule is CCCCc1ccc(C(=O)Nc2ccc(N3CCN(C(=O)C4CCCCC4)CC3)cc2)cc1. The summed E-state index contributed by atoms with van der Waals surface area (Å²) in [4.78, 5) is 29.8. The number of amides is 2. The van der Waals surface area contributed by atoms with Gasteiger partial charge in [0.15, 0.2) is 0 Å². The standard InChI is InChI=1S/C28H37N3O2/c1-2-3-7-22-10-12-23(13-11-22)27(32)29-25-14-16-26(17-15-25)30-18-20-31(21-19-30)28(33)24-8-5-4-6-9-24/h10-17,24H,2-9,18-21H2,1H3,(H,29,32). The van der Waals surface area contributed by atoms with Crippen LogP contribution in [-0.2, 0) is 11.2 Å². The van der Waals surface area contributed by atoms with Crippen molar-refractivity contribution in [2.75, 3.05) is 36.4 Å². The van der Waals surface area contributed by atoms with E-state index in [2.05, 4.69) is 34.2 Å². The second-order valence-corrected chi connectivity index (χ2v) is 9.45. The summed E-state index contributed by atoms with van der Waals surface area (Å²) in [7, 11) is 0. The molecular weight excluding hydrogens is 410 g/mol. The van der Waals surface area contributed by atoms with Crippen LogP contribution in [0.15, 0.2) is 48.5 Å². The Labute approximate surface area is 198 Å². The Morgan fingerprint density at radius 2 is 1.55 bits per heavy atom. The summed E-state index contributed by atoms with van der Waals surface area (Å²) in [6, 6.07) is 15.9. The van der Waals surface area contributed by atoms with Crippen LogP contribution in [-0.4, -0.2) is 42.9 Å². The first-order valence-electron chi connectivity index (χ1n) is 12.7. The lowest BCUT2D eigenvalue weighted by Crippen LogP contribution is -2.50. The van der Waals surface area contributed by atoms with Gasteiger partial charge in [-0.3, -0.25) is 9.59 Å². The summed E-state index contributed by atoms with van der Waals surface area (Å²) in [6.45, 7) is 5.49. The number of carbonyl (C=O) groups is 2. The third-order valence-electron chi connectivity index (χ3n) is 7.07. The van der Waals surface area contributed by atoms with Crippen molar-refractivity contribution < 1.29 is 9.59 Å². The molecule has 33 heavy (non-hydrogen) atoms. The first-order valence-corrected chi connectivity index (χ1v) is 12.7. The van der Waals surface area contributed by atoms with Gasteiger partial charge in [-0.15, -0.1) is 0 Å². The Hall–Kier alpha value is -2.82. The van der Waals surface area contributed by atoms with Gasteiger partial charge < -0.3 is 15.1 Å². The van der Waals surface area contributed by atoms with Gasteiger partial charge in [-0.2, -0.15) is 0 Å². The predicted octanol–water partition coefficient (Wildman–Crippen LogP) is 5.51. The smallest absolute Gasteiger partial charge is 0.255 e. The zero-order valence-corrected chi connectivity index (χ0v) is 19.9. The maximum atomic E-state index is 12.8. The van der Waals surface area contributed by atoms with E-state index < -0.39 is 0 Å². The van der Waals surface area contributed by atoms with Crippen LogP contribution in [0.4, 0.5) is 11.4 Å². The number of carbonyl (C=O) groups excluding carboxylic acids is 2. The molecule has 2 amide bonds. The van der Waals surface area contributed by atoms with Gasteiger partial charge in [0.25, 0.3) is 5.91 Å². The number of aryl methyl sites for hydroxylation is 1. The summed E-state index contributed by atoms with van der Waals surface area (Å²) in [5.41, 5.74) is 3.89. The van der Waals surface area contributed by atoms with Crippen LogP contribution < -0.4 is 10.2 Å². The molecule has 4 rings (SSSR count). The Morgan fingerprint density at radius 1 is 0.879 bits per heavy atom. The molecule has 5 heteroatoms. The zero-order chi connectivity index (χ0) is 23.0. The molecule has 1 heterocycles. The first-order chi connectivity index (χ1) is 16.1. The molecule has 0 aromatic heterocycles. The number of nitrogens with zero attached hydrogens (tertiary/aromatic N) is 2. The second kappa shape index (κ2) is 11.4. The maximum absolute atomic E-state index is 12.8. The van der Waals surface area contributed by atoms with E-state index in [9.17, 15) is 9.59 Å². The molecule has 5 nitrogen and oxygen atoms in total. The molecule has 1 N–H and O–H groups in total. The fourth-order valence-electron chi connectivity index (χ4n) is 4.96. The molecule has 1 saturated heterocycles. The number of benzene rings is 2. The van der Waals surface area contributed by atoms with Crippen molar-refractivity contribution in [2.24, 2.45) is 5.92 Å². The third kappa shape index (κ3) is 6.16. The molecular formula is C28H37N3O2. The maximum Gasteiger partial charge on any atom is 0.255 e. The van der Waals surface area contributed by atoms with Crippen molar-refractivity contribution in [3.63, 3.8) is 0 Å². The molecule has 176 valence electrons. The van der Waals surface area contributed by atoms with Gasteiger partial charge in [0.05, 0.1) is 0 Å². The molecule has 0 radical (unpaired) electrons. The van der Waals surface area contributed by atoms with E-state index in [1.165, 1.54) is 37.7 Å². The summed E-state index contributed by atoms with van der Waals surface area (Å²) in [6.07, 6.45) is 9.20. The van der Waals surface area contributed by atoms with Crippen LogP contribution in [0.1, 0.15) is 67.8 Å². The van der Waals surface area contributed by atoms with Gasteiger partial charge >= 0.3 is 0 Å². The van der Waals surface area contributed by atoms with Crippen LogP contribution in [0.25, 0.3) is 0 Å². The van der Waals surface area contributed by atoms with Crippen LogP contribution >= 0.6 is 0 Å². The first kappa shape index (κ1) is 23.3. The van der Waals surface area contributed by atoms with E-state index in [1.807, 2.05) is 36.4 Å². The van der Waals surface area contributed by atoms with E-state index in [0.717, 1.165) is 56.8 Å². The van der Waals surface area contributed by atoms with E-state index in [1.54, 1.807) is 0 Å². The molecule has 2 aliphatic rings. The number of piperazine rings is 1. The van der Waals surface area contributed by atoms with E-state index in [-0.39, 0.29) is 11.8 Å². The van der Waals surface area contributed by atoms with E-state index in [4.69, 9.17) is 0 Å². The number of anilines is 2. The van der Waals surface area contributed by atoms with Gasteiger partial charge in [-0.05, 0) is 67.6 Å². The highest BCUT2D eigenvalue weighted by Gasteiger charge is 2.28. The minimum Gasteiger partial charge on any atom is -0.368 e. The fourth-order valence-corrected chi connectivity index (χ4v) is 4.96.